The van der Waals surface area contributed by atoms with Crippen molar-refractivity contribution in [3.63, 3.8) is 0 Å². The number of imide groups is 1. The molecule has 5 nitrogen and oxygen atoms in total. The SMILES string of the molecule is COc1cccc(C)c1C(=O)NC(N)=O. The van der Waals surface area contributed by atoms with Crippen molar-refractivity contribution in [1.82, 2.24) is 5.32 Å². The third kappa shape index (κ3) is 2.46. The van der Waals surface area contributed by atoms with Crippen LogP contribution in [0, 0.1) is 6.92 Å². The fourth-order valence-electron chi connectivity index (χ4n) is 1.28. The van der Waals surface area contributed by atoms with Crippen LogP contribution in [-0.2, 0) is 0 Å². The van der Waals surface area contributed by atoms with Gasteiger partial charge in [0, 0.05) is 0 Å². The maximum absolute atomic E-state index is 11.6. The summed E-state index contributed by atoms with van der Waals surface area (Å²) in [6.07, 6.45) is 0. The van der Waals surface area contributed by atoms with Gasteiger partial charge < -0.3 is 10.5 Å². The minimum atomic E-state index is -0.884. The Morgan fingerprint density at radius 2 is 2.07 bits per heavy atom. The molecule has 0 unspecified atom stereocenters. The lowest BCUT2D eigenvalue weighted by atomic mass is 10.1. The first-order valence-electron chi connectivity index (χ1n) is 4.30. The molecule has 1 aromatic carbocycles. The van der Waals surface area contributed by atoms with Crippen LogP contribution in [0.5, 0.6) is 5.75 Å². The van der Waals surface area contributed by atoms with Gasteiger partial charge in [-0.15, -0.1) is 0 Å². The summed E-state index contributed by atoms with van der Waals surface area (Å²) in [6, 6.07) is 4.27. The Bertz CT molecular complexity index is 402. The lowest BCUT2D eigenvalue weighted by Crippen LogP contribution is -2.35. The molecule has 1 aromatic rings. The van der Waals surface area contributed by atoms with Crippen LogP contribution in [0.4, 0.5) is 4.79 Å². The van der Waals surface area contributed by atoms with Crippen LogP contribution in [0.1, 0.15) is 15.9 Å². The zero-order valence-electron chi connectivity index (χ0n) is 8.53. The molecule has 1 rings (SSSR count). The number of amides is 3. The zero-order valence-corrected chi connectivity index (χ0v) is 8.53. The minimum absolute atomic E-state index is 0.318. The van der Waals surface area contributed by atoms with E-state index < -0.39 is 11.9 Å². The summed E-state index contributed by atoms with van der Waals surface area (Å²) in [4.78, 5) is 22.1. The van der Waals surface area contributed by atoms with Crippen molar-refractivity contribution in [2.45, 2.75) is 6.92 Å². The predicted octanol–water partition coefficient (Wildman–Crippen LogP) is 0.812. The fourth-order valence-corrected chi connectivity index (χ4v) is 1.28. The molecule has 3 amide bonds. The smallest absolute Gasteiger partial charge is 0.319 e. The number of carbonyl (C=O) groups excluding carboxylic acids is 2. The Morgan fingerprint density at radius 1 is 1.40 bits per heavy atom. The Kier molecular flexibility index (Phi) is 3.28. The quantitative estimate of drug-likeness (QED) is 0.754. The summed E-state index contributed by atoms with van der Waals surface area (Å²) in [5.41, 5.74) is 5.89. The van der Waals surface area contributed by atoms with Gasteiger partial charge in [-0.05, 0) is 18.6 Å². The Morgan fingerprint density at radius 3 is 2.60 bits per heavy atom. The van der Waals surface area contributed by atoms with Crippen molar-refractivity contribution in [1.29, 1.82) is 0 Å². The zero-order chi connectivity index (χ0) is 11.4. The predicted molar refractivity (Wildman–Crippen MR) is 54.8 cm³/mol. The summed E-state index contributed by atoms with van der Waals surface area (Å²) in [6.45, 7) is 1.75. The van der Waals surface area contributed by atoms with Crippen LogP contribution in [0.25, 0.3) is 0 Å². The molecule has 0 aliphatic rings. The van der Waals surface area contributed by atoms with Crippen molar-refractivity contribution in [3.8, 4) is 5.75 Å². The number of benzene rings is 1. The highest BCUT2D eigenvalue weighted by atomic mass is 16.5. The summed E-state index contributed by atoms with van der Waals surface area (Å²) in [7, 11) is 1.45. The van der Waals surface area contributed by atoms with E-state index in [1.54, 1.807) is 25.1 Å². The highest BCUT2D eigenvalue weighted by molar-refractivity contribution is 6.06. The number of urea groups is 1. The van der Waals surface area contributed by atoms with Crippen LogP contribution in [-0.4, -0.2) is 19.0 Å². The molecule has 0 spiro atoms. The first-order chi connectivity index (χ1) is 7.06. The summed E-state index contributed by atoms with van der Waals surface area (Å²) < 4.78 is 5.02. The van der Waals surface area contributed by atoms with Crippen molar-refractivity contribution < 1.29 is 14.3 Å². The average Bonchev–Trinajstić information content (AvgIpc) is 2.15. The molecule has 0 heterocycles. The Hall–Kier alpha value is -2.04. The number of ether oxygens (including phenoxy) is 1. The van der Waals surface area contributed by atoms with Gasteiger partial charge in [0.15, 0.2) is 0 Å². The number of hydrogen-bond donors (Lipinski definition) is 2. The van der Waals surface area contributed by atoms with E-state index in [0.29, 0.717) is 16.9 Å². The number of hydrogen-bond acceptors (Lipinski definition) is 3. The maximum Gasteiger partial charge on any atom is 0.319 e. The minimum Gasteiger partial charge on any atom is -0.496 e. The van der Waals surface area contributed by atoms with Gasteiger partial charge in [0.2, 0.25) is 0 Å². The molecule has 0 bridgehead atoms. The third-order valence-corrected chi connectivity index (χ3v) is 1.92. The second-order valence-electron chi connectivity index (χ2n) is 2.97. The standard InChI is InChI=1S/C10H12N2O3/c1-6-4-3-5-7(15-2)8(6)9(13)12-10(11)14/h3-5H,1-2H3,(H3,11,12,13,14). The van der Waals surface area contributed by atoms with Gasteiger partial charge in [-0.2, -0.15) is 0 Å². The Labute approximate surface area is 87.2 Å². The molecule has 5 heteroatoms. The summed E-state index contributed by atoms with van der Waals surface area (Å²) in [5, 5.41) is 1.99. The van der Waals surface area contributed by atoms with Crippen molar-refractivity contribution >= 4 is 11.9 Å². The lowest BCUT2D eigenvalue weighted by Gasteiger charge is -2.09. The van der Waals surface area contributed by atoms with Gasteiger partial charge in [-0.3, -0.25) is 10.1 Å². The molecular weight excluding hydrogens is 196 g/mol. The van der Waals surface area contributed by atoms with E-state index in [-0.39, 0.29) is 0 Å². The topological polar surface area (TPSA) is 81.4 Å². The van der Waals surface area contributed by atoms with Crippen LogP contribution < -0.4 is 15.8 Å². The van der Waals surface area contributed by atoms with Gasteiger partial charge in [-0.25, -0.2) is 4.79 Å². The Balaban J connectivity index is 3.11. The number of methoxy groups -OCH3 is 1. The van der Waals surface area contributed by atoms with Crippen LogP contribution in [0.2, 0.25) is 0 Å². The van der Waals surface area contributed by atoms with Crippen LogP contribution >= 0.6 is 0 Å². The van der Waals surface area contributed by atoms with E-state index in [4.69, 9.17) is 10.5 Å². The molecule has 0 radical (unpaired) electrons. The van der Waals surface area contributed by atoms with Crippen LogP contribution in [0.3, 0.4) is 0 Å². The van der Waals surface area contributed by atoms with Gasteiger partial charge in [-0.1, -0.05) is 12.1 Å². The average molecular weight is 208 g/mol. The maximum atomic E-state index is 11.6. The molecule has 3 N–H and O–H groups in total. The highest BCUT2D eigenvalue weighted by Crippen LogP contribution is 2.21. The lowest BCUT2D eigenvalue weighted by molar-refractivity contribution is 0.0962. The van der Waals surface area contributed by atoms with E-state index in [2.05, 4.69) is 0 Å². The van der Waals surface area contributed by atoms with Crippen molar-refractivity contribution in [2.75, 3.05) is 7.11 Å². The van der Waals surface area contributed by atoms with E-state index in [1.807, 2.05) is 5.32 Å². The fraction of sp³-hybridized carbons (Fsp3) is 0.200. The summed E-state index contributed by atoms with van der Waals surface area (Å²) in [5.74, 6) is -0.147. The molecule has 15 heavy (non-hydrogen) atoms. The molecule has 0 saturated heterocycles. The van der Waals surface area contributed by atoms with E-state index in [1.165, 1.54) is 7.11 Å². The first kappa shape index (κ1) is 11.0. The van der Waals surface area contributed by atoms with E-state index in [9.17, 15) is 9.59 Å². The molecular formula is C10H12N2O3. The number of carbonyl (C=O) groups is 2. The van der Waals surface area contributed by atoms with Gasteiger partial charge in [0.1, 0.15) is 5.75 Å². The number of rotatable bonds is 2. The first-order valence-corrected chi connectivity index (χ1v) is 4.30. The summed E-state index contributed by atoms with van der Waals surface area (Å²) >= 11 is 0. The molecule has 80 valence electrons. The molecule has 0 aromatic heterocycles. The number of aryl methyl sites for hydroxylation is 1. The van der Waals surface area contributed by atoms with Gasteiger partial charge in [0.05, 0.1) is 12.7 Å². The monoisotopic (exact) mass is 208 g/mol. The van der Waals surface area contributed by atoms with Gasteiger partial charge in [0.25, 0.3) is 5.91 Å². The molecule has 0 aliphatic heterocycles. The number of nitrogens with two attached hydrogens (primary N) is 1. The number of nitrogens with one attached hydrogen (secondary N) is 1. The normalized spacial score (nSPS) is 9.47. The van der Waals surface area contributed by atoms with E-state index >= 15 is 0 Å². The number of primary amides is 1. The molecule has 0 fully saturated rings. The second kappa shape index (κ2) is 4.45. The second-order valence-corrected chi connectivity index (χ2v) is 2.97. The van der Waals surface area contributed by atoms with Gasteiger partial charge >= 0.3 is 6.03 Å². The molecule has 0 atom stereocenters. The molecule has 0 saturated carbocycles. The van der Waals surface area contributed by atoms with E-state index in [0.717, 1.165) is 0 Å². The molecule has 0 aliphatic carbocycles. The van der Waals surface area contributed by atoms with Crippen molar-refractivity contribution in [3.05, 3.63) is 29.3 Å². The van der Waals surface area contributed by atoms with Crippen LogP contribution in [0.15, 0.2) is 18.2 Å². The third-order valence-electron chi connectivity index (χ3n) is 1.92. The van der Waals surface area contributed by atoms with Crippen molar-refractivity contribution in [2.24, 2.45) is 5.73 Å². The highest BCUT2D eigenvalue weighted by Gasteiger charge is 2.15. The largest absolute Gasteiger partial charge is 0.496 e.